The lowest BCUT2D eigenvalue weighted by molar-refractivity contribution is -0.114. The van der Waals surface area contributed by atoms with E-state index in [9.17, 15) is 4.79 Å². The zero-order chi connectivity index (χ0) is 10.0. The molecule has 0 saturated heterocycles. The Morgan fingerprint density at radius 3 is 2.62 bits per heavy atom. The highest BCUT2D eigenvalue weighted by atomic mass is 32.1. The topological polar surface area (TPSA) is 86.7 Å². The van der Waals surface area contributed by atoms with Gasteiger partial charge in [0.1, 0.15) is 16.1 Å². The van der Waals surface area contributed by atoms with Crippen LogP contribution < -0.4 is 11.1 Å². The molecule has 0 bridgehead atoms. The molecule has 5 N–H and O–H groups in total. The number of carbonyl (C=O) groups excluding carboxylic acids is 1. The van der Waals surface area contributed by atoms with E-state index in [1.807, 2.05) is 0 Å². The minimum absolute atomic E-state index is 0.238. The molecule has 0 aromatic carbocycles. The van der Waals surface area contributed by atoms with Crippen LogP contribution in [0.2, 0.25) is 0 Å². The lowest BCUT2D eigenvalue weighted by atomic mass is 10.5. The fourth-order valence-electron chi connectivity index (χ4n) is 0.771. The molecule has 0 spiro atoms. The molecular weight excluding hydrogens is 208 g/mol. The van der Waals surface area contributed by atoms with Gasteiger partial charge in [0.15, 0.2) is 4.77 Å². The number of rotatable bonds is 1. The van der Waals surface area contributed by atoms with Gasteiger partial charge in [0.2, 0.25) is 5.91 Å². The molecule has 0 radical (unpaired) electrons. The molecule has 0 aliphatic carbocycles. The fourth-order valence-corrected chi connectivity index (χ4v) is 1.24. The summed E-state index contributed by atoms with van der Waals surface area (Å²) < 4.78 is 0.635. The van der Waals surface area contributed by atoms with Crippen molar-refractivity contribution in [1.82, 2.24) is 9.97 Å². The van der Waals surface area contributed by atoms with E-state index in [0.717, 1.165) is 0 Å². The van der Waals surface area contributed by atoms with E-state index in [1.165, 1.54) is 6.92 Å². The zero-order valence-electron chi connectivity index (χ0n) is 6.80. The molecule has 13 heavy (non-hydrogen) atoms. The third-order valence-corrected chi connectivity index (χ3v) is 1.81. The summed E-state index contributed by atoms with van der Waals surface area (Å²) in [5.74, 6) is 0.0965. The van der Waals surface area contributed by atoms with E-state index >= 15 is 0 Å². The summed E-state index contributed by atoms with van der Waals surface area (Å²) in [6.07, 6.45) is 0. The van der Waals surface area contributed by atoms with Crippen molar-refractivity contribution in [3.63, 3.8) is 0 Å². The summed E-state index contributed by atoms with van der Waals surface area (Å²) in [5.41, 5.74) is 5.85. The first-order chi connectivity index (χ1) is 6.00. The first-order valence-corrected chi connectivity index (χ1v) is 4.22. The van der Waals surface area contributed by atoms with E-state index < -0.39 is 0 Å². The second kappa shape index (κ2) is 3.67. The maximum atomic E-state index is 10.7. The molecule has 0 aliphatic heterocycles. The molecule has 1 amide bonds. The van der Waals surface area contributed by atoms with Crippen LogP contribution in [0.3, 0.4) is 0 Å². The Bertz CT molecular complexity index is 447. The predicted octanol–water partition coefficient (Wildman–Crippen LogP) is 1.34. The lowest BCUT2D eigenvalue weighted by Crippen LogP contribution is -2.10. The number of aromatic amines is 2. The van der Waals surface area contributed by atoms with Crippen LogP contribution in [0.15, 0.2) is 0 Å². The maximum Gasteiger partial charge on any atom is 0.222 e. The largest absolute Gasteiger partial charge is 0.393 e. The van der Waals surface area contributed by atoms with Gasteiger partial charge in [0, 0.05) is 6.92 Å². The van der Waals surface area contributed by atoms with Crippen LogP contribution >= 0.6 is 24.4 Å². The highest BCUT2D eigenvalue weighted by molar-refractivity contribution is 7.72. The summed E-state index contributed by atoms with van der Waals surface area (Å²) in [7, 11) is 0. The van der Waals surface area contributed by atoms with Gasteiger partial charge in [-0.3, -0.25) is 4.79 Å². The number of nitrogen functional groups attached to an aromatic ring is 1. The van der Waals surface area contributed by atoms with E-state index in [1.54, 1.807) is 0 Å². The van der Waals surface area contributed by atoms with Crippen molar-refractivity contribution in [3.05, 3.63) is 9.41 Å². The van der Waals surface area contributed by atoms with Gasteiger partial charge in [-0.1, -0.05) is 12.2 Å². The number of H-pyrrole nitrogens is 2. The molecule has 70 valence electrons. The molecule has 5 nitrogen and oxygen atoms in total. The van der Waals surface area contributed by atoms with Crippen LogP contribution in [0.25, 0.3) is 0 Å². The predicted molar refractivity (Wildman–Crippen MR) is 55.5 cm³/mol. The normalized spacial score (nSPS) is 9.62. The molecular formula is C6H8N4OS2. The van der Waals surface area contributed by atoms with Gasteiger partial charge in [0.05, 0.1) is 0 Å². The van der Waals surface area contributed by atoms with Crippen LogP contribution in [0, 0.1) is 9.41 Å². The molecule has 1 aromatic heterocycles. The van der Waals surface area contributed by atoms with Gasteiger partial charge in [-0.25, -0.2) is 0 Å². The van der Waals surface area contributed by atoms with Crippen molar-refractivity contribution in [3.8, 4) is 0 Å². The average Bonchev–Trinajstić information content (AvgIpc) is 1.98. The number of nitrogens with two attached hydrogens (primary N) is 1. The minimum Gasteiger partial charge on any atom is -0.393 e. The summed E-state index contributed by atoms with van der Waals surface area (Å²) in [5, 5.41) is 2.48. The van der Waals surface area contributed by atoms with Crippen molar-refractivity contribution >= 4 is 41.8 Å². The van der Waals surface area contributed by atoms with E-state index in [0.29, 0.717) is 15.2 Å². The summed E-state index contributed by atoms with van der Waals surface area (Å²) in [4.78, 5) is 16.1. The van der Waals surface area contributed by atoms with Crippen molar-refractivity contribution in [2.24, 2.45) is 0 Å². The Hall–Kier alpha value is -1.21. The second-order valence-corrected chi connectivity index (χ2v) is 3.19. The van der Waals surface area contributed by atoms with Crippen LogP contribution in [0.4, 0.5) is 11.5 Å². The number of hydrogen-bond acceptors (Lipinski definition) is 4. The fraction of sp³-hybridized carbons (Fsp3) is 0.167. The Morgan fingerprint density at radius 2 is 2.08 bits per heavy atom. The van der Waals surface area contributed by atoms with Gasteiger partial charge >= 0.3 is 0 Å². The van der Waals surface area contributed by atoms with Crippen LogP contribution in [0.5, 0.6) is 0 Å². The summed E-state index contributed by atoms with van der Waals surface area (Å²) in [6, 6.07) is 0. The van der Waals surface area contributed by atoms with E-state index in [-0.39, 0.29) is 11.6 Å². The molecule has 1 rings (SSSR count). The van der Waals surface area contributed by atoms with Crippen molar-refractivity contribution in [2.75, 3.05) is 11.1 Å². The Kier molecular flexibility index (Phi) is 2.79. The van der Waals surface area contributed by atoms with Gasteiger partial charge in [-0.15, -0.1) is 0 Å². The van der Waals surface area contributed by atoms with Crippen molar-refractivity contribution < 1.29 is 4.79 Å². The highest BCUT2D eigenvalue weighted by Gasteiger charge is 2.02. The quantitative estimate of drug-likeness (QED) is 0.534. The number of anilines is 2. The second-order valence-electron chi connectivity index (χ2n) is 2.38. The Morgan fingerprint density at radius 1 is 1.46 bits per heavy atom. The average molecular weight is 216 g/mol. The highest BCUT2D eigenvalue weighted by Crippen LogP contribution is 2.14. The van der Waals surface area contributed by atoms with Crippen LogP contribution in [0.1, 0.15) is 6.92 Å². The van der Waals surface area contributed by atoms with Crippen molar-refractivity contribution in [2.45, 2.75) is 6.92 Å². The van der Waals surface area contributed by atoms with E-state index in [2.05, 4.69) is 15.3 Å². The van der Waals surface area contributed by atoms with Gasteiger partial charge in [0.25, 0.3) is 0 Å². The smallest absolute Gasteiger partial charge is 0.222 e. The number of hydrogen-bond donors (Lipinski definition) is 4. The van der Waals surface area contributed by atoms with Gasteiger partial charge in [-0.05, 0) is 12.2 Å². The third-order valence-electron chi connectivity index (χ3n) is 1.28. The number of carbonyl (C=O) groups is 1. The number of nitrogens with one attached hydrogen (secondary N) is 3. The van der Waals surface area contributed by atoms with Gasteiger partial charge < -0.3 is 21.0 Å². The number of amides is 1. The number of aromatic nitrogens is 2. The summed E-state index contributed by atoms with van der Waals surface area (Å²) >= 11 is 9.68. The molecule has 0 aliphatic rings. The Balaban J connectivity index is 3.28. The standard InChI is InChI=1S/C6H8N4OS2/c1-2(11)8-4-3(7)5(12)10-6(13)9-4/h7H2,1H3,(H3,8,9,10,11,12,13). The Labute approximate surface area is 84.4 Å². The van der Waals surface area contributed by atoms with Crippen molar-refractivity contribution in [1.29, 1.82) is 0 Å². The molecule has 0 unspecified atom stereocenters. The molecule has 0 atom stereocenters. The van der Waals surface area contributed by atoms with Crippen LogP contribution in [-0.2, 0) is 4.79 Å². The van der Waals surface area contributed by atoms with Gasteiger partial charge in [-0.2, -0.15) is 0 Å². The summed E-state index contributed by atoms with van der Waals surface area (Å²) in [6.45, 7) is 1.37. The monoisotopic (exact) mass is 216 g/mol. The molecule has 1 aromatic rings. The first kappa shape index (κ1) is 9.87. The van der Waals surface area contributed by atoms with Crippen LogP contribution in [-0.4, -0.2) is 15.9 Å². The molecule has 7 heteroatoms. The molecule has 1 heterocycles. The maximum absolute atomic E-state index is 10.7. The third kappa shape index (κ3) is 2.36. The molecule has 0 fully saturated rings. The minimum atomic E-state index is -0.238. The molecule has 0 saturated carbocycles. The first-order valence-electron chi connectivity index (χ1n) is 3.40. The lowest BCUT2D eigenvalue weighted by Gasteiger charge is -2.05. The SMILES string of the molecule is CC(=O)Nc1[nH]c(=S)[nH]c(=S)c1N. The zero-order valence-corrected chi connectivity index (χ0v) is 8.44. The van der Waals surface area contributed by atoms with E-state index in [4.69, 9.17) is 30.2 Å².